The van der Waals surface area contributed by atoms with Crippen LogP contribution in [0.4, 0.5) is 5.69 Å². The van der Waals surface area contributed by atoms with Crippen molar-refractivity contribution in [3.8, 4) is 5.69 Å². The highest BCUT2D eigenvalue weighted by Gasteiger charge is 2.32. The topological polar surface area (TPSA) is 38.1 Å². The highest BCUT2D eigenvalue weighted by molar-refractivity contribution is 6.35. The van der Waals surface area contributed by atoms with Gasteiger partial charge in [0.1, 0.15) is 0 Å². The predicted octanol–water partition coefficient (Wildman–Crippen LogP) is 5.03. The molecule has 4 nitrogen and oxygen atoms in total. The van der Waals surface area contributed by atoms with Crippen molar-refractivity contribution in [2.24, 2.45) is 5.92 Å². The second-order valence-electron chi connectivity index (χ2n) is 7.76. The minimum absolute atomic E-state index is 0.0843. The molecule has 4 rings (SSSR count). The van der Waals surface area contributed by atoms with Crippen molar-refractivity contribution >= 4 is 23.2 Å². The van der Waals surface area contributed by atoms with Crippen LogP contribution in [0.5, 0.6) is 0 Å². The normalized spacial score (nSPS) is 15.0. The molecule has 4 heteroatoms. The lowest BCUT2D eigenvalue weighted by Gasteiger charge is -2.19. The molecule has 0 saturated heterocycles. The Morgan fingerprint density at radius 1 is 1.11 bits per heavy atom. The van der Waals surface area contributed by atoms with Crippen molar-refractivity contribution < 1.29 is 4.79 Å². The van der Waals surface area contributed by atoms with Crippen LogP contribution in [-0.2, 0) is 4.79 Å². The number of nitrogens with zero attached hydrogens (tertiary/aromatic N) is 3. The van der Waals surface area contributed by atoms with Crippen LogP contribution in [-0.4, -0.2) is 22.0 Å². The van der Waals surface area contributed by atoms with Gasteiger partial charge in [-0.05, 0) is 55.7 Å². The number of carbonyl (C=O) groups is 1. The molecule has 1 amide bonds. The first-order chi connectivity index (χ1) is 13.5. The fourth-order valence-corrected chi connectivity index (χ4v) is 3.97. The van der Waals surface area contributed by atoms with E-state index in [0.29, 0.717) is 5.92 Å². The first-order valence-electron chi connectivity index (χ1n) is 9.69. The maximum absolute atomic E-state index is 13.2. The predicted molar refractivity (Wildman–Crippen MR) is 115 cm³/mol. The molecule has 0 radical (unpaired) electrons. The molecular formula is C24H25N3O. The number of hydrogen-bond donors (Lipinski definition) is 0. The number of amides is 1. The molecule has 0 bridgehead atoms. The first kappa shape index (κ1) is 18.2. The average Bonchev–Trinajstić information content (AvgIpc) is 3.10. The van der Waals surface area contributed by atoms with Crippen LogP contribution in [0.2, 0.25) is 0 Å². The van der Waals surface area contributed by atoms with Gasteiger partial charge in [-0.1, -0.05) is 32.0 Å². The standard InChI is InChI=1S/C24H25N3O/c1-16(2)15-26-23-10-6-5-9-21(23)22(24(26)28)13-19-12-17(3)27(18(19)4)20-8-7-11-25-14-20/h5-14,16H,15H2,1-4H3/b22-13-. The smallest absolute Gasteiger partial charge is 0.259 e. The number of para-hydroxylation sites is 1. The molecule has 0 atom stereocenters. The minimum atomic E-state index is 0.0843. The van der Waals surface area contributed by atoms with Gasteiger partial charge in [-0.2, -0.15) is 0 Å². The summed E-state index contributed by atoms with van der Waals surface area (Å²) in [6.07, 6.45) is 5.67. The fourth-order valence-electron chi connectivity index (χ4n) is 3.97. The lowest BCUT2D eigenvalue weighted by molar-refractivity contribution is -0.113. The van der Waals surface area contributed by atoms with Gasteiger partial charge in [0.15, 0.2) is 0 Å². The van der Waals surface area contributed by atoms with Crippen LogP contribution < -0.4 is 4.90 Å². The number of pyridine rings is 1. The van der Waals surface area contributed by atoms with Crippen LogP contribution >= 0.6 is 0 Å². The summed E-state index contributed by atoms with van der Waals surface area (Å²) in [6.45, 7) is 9.17. The van der Waals surface area contributed by atoms with E-state index in [2.05, 4.69) is 43.3 Å². The van der Waals surface area contributed by atoms with E-state index in [1.165, 1.54) is 0 Å². The van der Waals surface area contributed by atoms with Gasteiger partial charge in [-0.15, -0.1) is 0 Å². The summed E-state index contributed by atoms with van der Waals surface area (Å²) in [5.74, 6) is 0.494. The number of benzene rings is 1. The third kappa shape index (κ3) is 3.05. The van der Waals surface area contributed by atoms with Gasteiger partial charge in [0, 0.05) is 35.3 Å². The van der Waals surface area contributed by atoms with E-state index >= 15 is 0 Å². The zero-order chi connectivity index (χ0) is 19.8. The highest BCUT2D eigenvalue weighted by Crippen LogP contribution is 2.38. The van der Waals surface area contributed by atoms with E-state index in [-0.39, 0.29) is 5.91 Å². The van der Waals surface area contributed by atoms with Gasteiger partial charge < -0.3 is 9.47 Å². The third-order valence-corrected chi connectivity index (χ3v) is 5.18. The third-order valence-electron chi connectivity index (χ3n) is 5.18. The van der Waals surface area contributed by atoms with Crippen molar-refractivity contribution in [1.29, 1.82) is 0 Å². The number of anilines is 1. The molecule has 1 aliphatic heterocycles. The molecule has 0 N–H and O–H groups in total. The molecule has 28 heavy (non-hydrogen) atoms. The molecule has 0 spiro atoms. The van der Waals surface area contributed by atoms with Crippen LogP contribution in [0.15, 0.2) is 54.9 Å². The Hall–Kier alpha value is -3.14. The molecule has 0 aliphatic carbocycles. The second kappa shape index (κ2) is 7.12. The summed E-state index contributed by atoms with van der Waals surface area (Å²) < 4.78 is 2.18. The summed E-state index contributed by atoms with van der Waals surface area (Å²) >= 11 is 0. The largest absolute Gasteiger partial charge is 0.316 e. The van der Waals surface area contributed by atoms with E-state index in [1.54, 1.807) is 6.20 Å². The molecule has 3 heterocycles. The summed E-state index contributed by atoms with van der Waals surface area (Å²) in [5.41, 5.74) is 7.10. The van der Waals surface area contributed by atoms with Crippen LogP contribution in [0.1, 0.15) is 36.4 Å². The maximum Gasteiger partial charge on any atom is 0.259 e. The first-order valence-corrected chi connectivity index (χ1v) is 9.69. The Morgan fingerprint density at radius 2 is 1.89 bits per heavy atom. The minimum Gasteiger partial charge on any atom is -0.316 e. The fraction of sp³-hybridized carbons (Fsp3) is 0.250. The number of hydrogen-bond acceptors (Lipinski definition) is 2. The van der Waals surface area contributed by atoms with Gasteiger partial charge in [0.05, 0.1) is 17.6 Å². The summed E-state index contributed by atoms with van der Waals surface area (Å²) in [6, 6.07) is 14.2. The Morgan fingerprint density at radius 3 is 2.61 bits per heavy atom. The number of fused-ring (bicyclic) bond motifs is 1. The van der Waals surface area contributed by atoms with Crippen molar-refractivity contribution in [2.75, 3.05) is 11.4 Å². The number of aromatic nitrogens is 2. The molecule has 142 valence electrons. The van der Waals surface area contributed by atoms with Gasteiger partial charge in [0.2, 0.25) is 0 Å². The van der Waals surface area contributed by atoms with E-state index in [1.807, 2.05) is 53.6 Å². The SMILES string of the molecule is Cc1cc(/C=C2\C(=O)N(CC(C)C)c3ccccc32)c(C)n1-c1cccnc1. The zero-order valence-corrected chi connectivity index (χ0v) is 16.8. The van der Waals surface area contributed by atoms with E-state index < -0.39 is 0 Å². The number of carbonyl (C=O) groups excluding carboxylic acids is 1. The van der Waals surface area contributed by atoms with Crippen LogP contribution in [0.3, 0.4) is 0 Å². The zero-order valence-electron chi connectivity index (χ0n) is 16.8. The van der Waals surface area contributed by atoms with Crippen molar-refractivity contribution in [2.45, 2.75) is 27.7 Å². The van der Waals surface area contributed by atoms with E-state index in [4.69, 9.17) is 0 Å². The molecule has 0 saturated carbocycles. The Kier molecular flexibility index (Phi) is 4.63. The molecule has 2 aromatic heterocycles. The molecule has 1 aliphatic rings. The maximum atomic E-state index is 13.2. The molecular weight excluding hydrogens is 346 g/mol. The van der Waals surface area contributed by atoms with Gasteiger partial charge in [-0.25, -0.2) is 0 Å². The van der Waals surface area contributed by atoms with Gasteiger partial charge >= 0.3 is 0 Å². The highest BCUT2D eigenvalue weighted by atomic mass is 16.2. The van der Waals surface area contributed by atoms with Crippen LogP contribution in [0.25, 0.3) is 17.3 Å². The molecule has 0 fully saturated rings. The Labute approximate surface area is 166 Å². The molecule has 1 aromatic carbocycles. The number of aryl methyl sites for hydroxylation is 1. The van der Waals surface area contributed by atoms with E-state index in [9.17, 15) is 4.79 Å². The van der Waals surface area contributed by atoms with Gasteiger partial charge in [-0.3, -0.25) is 9.78 Å². The summed E-state index contributed by atoms with van der Waals surface area (Å²) in [7, 11) is 0. The summed E-state index contributed by atoms with van der Waals surface area (Å²) in [5, 5.41) is 0. The lowest BCUT2D eigenvalue weighted by Crippen LogP contribution is -2.30. The average molecular weight is 371 g/mol. The Bertz CT molecular complexity index is 1060. The Balaban J connectivity index is 1.81. The van der Waals surface area contributed by atoms with Crippen LogP contribution in [0, 0.1) is 19.8 Å². The molecule has 0 unspecified atom stereocenters. The van der Waals surface area contributed by atoms with Crippen molar-refractivity contribution in [3.05, 3.63) is 77.4 Å². The monoisotopic (exact) mass is 371 g/mol. The lowest BCUT2D eigenvalue weighted by atomic mass is 10.0. The van der Waals surface area contributed by atoms with E-state index in [0.717, 1.165) is 46.0 Å². The van der Waals surface area contributed by atoms with Crippen molar-refractivity contribution in [1.82, 2.24) is 9.55 Å². The summed E-state index contributed by atoms with van der Waals surface area (Å²) in [4.78, 5) is 19.4. The van der Waals surface area contributed by atoms with Gasteiger partial charge in [0.25, 0.3) is 5.91 Å². The number of rotatable bonds is 4. The molecule has 3 aromatic rings. The quantitative estimate of drug-likeness (QED) is 0.603. The van der Waals surface area contributed by atoms with Crippen molar-refractivity contribution in [3.63, 3.8) is 0 Å². The second-order valence-corrected chi connectivity index (χ2v) is 7.76.